The van der Waals surface area contributed by atoms with E-state index >= 15 is 0 Å². The molecule has 0 radical (unpaired) electrons. The molecule has 2 aliphatic heterocycles. The maximum absolute atomic E-state index is 13.3. The lowest BCUT2D eigenvalue weighted by molar-refractivity contribution is -0.137. The highest BCUT2D eigenvalue weighted by Crippen LogP contribution is 2.24. The van der Waals surface area contributed by atoms with Gasteiger partial charge >= 0.3 is 0 Å². The summed E-state index contributed by atoms with van der Waals surface area (Å²) in [6, 6.07) is 13.2. The molecule has 0 saturated carbocycles. The summed E-state index contributed by atoms with van der Waals surface area (Å²) < 4.78 is 32.9. The summed E-state index contributed by atoms with van der Waals surface area (Å²) in [5, 5.41) is 2.71. The number of hydrogen-bond acceptors (Lipinski definition) is 6. The molecule has 2 aliphatic rings. The van der Waals surface area contributed by atoms with E-state index in [1.807, 2.05) is 31.2 Å². The Morgan fingerprint density at radius 1 is 1.00 bits per heavy atom. The number of carbonyl (C=O) groups is 2. The predicted octanol–water partition coefficient (Wildman–Crippen LogP) is 1.23. The maximum atomic E-state index is 13.3. The van der Waals surface area contributed by atoms with Crippen LogP contribution in [0, 0.1) is 6.92 Å². The zero-order valence-corrected chi connectivity index (χ0v) is 20.3. The first-order chi connectivity index (χ1) is 16.3. The molecule has 2 heterocycles. The first kappa shape index (κ1) is 24.0. The lowest BCUT2D eigenvalue weighted by Gasteiger charge is -2.38. The Bertz CT molecular complexity index is 1130. The van der Waals surface area contributed by atoms with Gasteiger partial charge in [-0.1, -0.05) is 17.7 Å². The van der Waals surface area contributed by atoms with Crippen molar-refractivity contribution in [3.8, 4) is 5.75 Å². The van der Waals surface area contributed by atoms with Crippen LogP contribution >= 0.6 is 0 Å². The summed E-state index contributed by atoms with van der Waals surface area (Å²) in [6.07, 6.45) is -0.181. The zero-order chi connectivity index (χ0) is 24.3. The van der Waals surface area contributed by atoms with Gasteiger partial charge in [-0.05, 0) is 43.3 Å². The molecule has 182 valence electrons. The highest BCUT2D eigenvalue weighted by Gasteiger charge is 2.40. The van der Waals surface area contributed by atoms with Crippen molar-refractivity contribution in [1.29, 1.82) is 0 Å². The van der Waals surface area contributed by atoms with Gasteiger partial charge in [-0.2, -0.15) is 4.31 Å². The number of nitrogens with one attached hydrogen (secondary N) is 1. The molecule has 1 unspecified atom stereocenters. The van der Waals surface area contributed by atoms with Crippen molar-refractivity contribution in [2.24, 2.45) is 0 Å². The van der Waals surface area contributed by atoms with Crippen LogP contribution in [0.25, 0.3) is 0 Å². The van der Waals surface area contributed by atoms with Crippen LogP contribution in [0.5, 0.6) is 5.75 Å². The largest absolute Gasteiger partial charge is 0.497 e. The van der Waals surface area contributed by atoms with Crippen molar-refractivity contribution in [3.05, 3.63) is 54.1 Å². The van der Waals surface area contributed by atoms with Gasteiger partial charge in [-0.3, -0.25) is 9.59 Å². The second kappa shape index (κ2) is 10.0. The second-order valence-corrected chi connectivity index (χ2v) is 10.4. The fourth-order valence-corrected chi connectivity index (χ4v) is 5.91. The Morgan fingerprint density at radius 3 is 2.26 bits per heavy atom. The van der Waals surface area contributed by atoms with Crippen LogP contribution in [-0.2, 0) is 19.6 Å². The Kier molecular flexibility index (Phi) is 7.08. The van der Waals surface area contributed by atoms with Crippen LogP contribution < -0.4 is 15.0 Å². The summed E-state index contributed by atoms with van der Waals surface area (Å²) in [5.74, 6) is 0.126. The number of amides is 2. The quantitative estimate of drug-likeness (QED) is 0.660. The van der Waals surface area contributed by atoms with Crippen molar-refractivity contribution >= 4 is 27.5 Å². The van der Waals surface area contributed by atoms with Gasteiger partial charge in [-0.25, -0.2) is 8.42 Å². The Morgan fingerprint density at radius 2 is 1.65 bits per heavy atom. The molecule has 0 bridgehead atoms. The van der Waals surface area contributed by atoms with Crippen molar-refractivity contribution < 1.29 is 22.7 Å². The molecule has 2 amide bonds. The molecule has 1 N–H and O–H groups in total. The van der Waals surface area contributed by atoms with Crippen LogP contribution in [0.15, 0.2) is 53.4 Å². The number of hydrogen-bond donors (Lipinski definition) is 1. The number of methoxy groups -OCH3 is 1. The van der Waals surface area contributed by atoms with Crippen molar-refractivity contribution in [2.45, 2.75) is 24.3 Å². The molecular formula is C24H30N4O5S. The number of anilines is 1. The number of rotatable bonds is 6. The molecule has 2 fully saturated rings. The molecule has 1 atom stereocenters. The standard InChI is InChI=1S/C24H30N4O5S/c1-18-3-9-21(10-4-18)34(31,32)28-12-11-25-24(30)22(28)17-23(29)27-15-13-26(14-16-27)19-5-7-20(33-2)8-6-19/h3-10,22H,11-17H2,1-2H3,(H,25,30). The van der Waals surface area contributed by atoms with Crippen molar-refractivity contribution in [2.75, 3.05) is 51.3 Å². The number of benzene rings is 2. The van der Waals surface area contributed by atoms with Gasteiger partial charge in [0.15, 0.2) is 0 Å². The van der Waals surface area contributed by atoms with Gasteiger partial charge in [0.25, 0.3) is 0 Å². The van der Waals surface area contributed by atoms with Crippen LogP contribution in [-0.4, -0.2) is 81.9 Å². The first-order valence-electron chi connectivity index (χ1n) is 11.3. The second-order valence-electron chi connectivity index (χ2n) is 8.51. The zero-order valence-electron chi connectivity index (χ0n) is 19.4. The van der Waals surface area contributed by atoms with Gasteiger partial charge in [-0.15, -0.1) is 0 Å². The molecule has 10 heteroatoms. The number of carbonyl (C=O) groups excluding carboxylic acids is 2. The van der Waals surface area contributed by atoms with Gasteiger partial charge in [0, 0.05) is 45.0 Å². The highest BCUT2D eigenvalue weighted by atomic mass is 32.2. The molecule has 2 saturated heterocycles. The van der Waals surface area contributed by atoms with Crippen molar-refractivity contribution in [1.82, 2.24) is 14.5 Å². The minimum atomic E-state index is -3.90. The lowest BCUT2D eigenvalue weighted by Crippen LogP contribution is -2.59. The van der Waals surface area contributed by atoms with E-state index in [1.165, 1.54) is 16.4 Å². The van der Waals surface area contributed by atoms with Gasteiger partial charge in [0.2, 0.25) is 21.8 Å². The molecule has 2 aromatic rings. The molecule has 0 spiro atoms. The lowest BCUT2D eigenvalue weighted by atomic mass is 10.1. The fraction of sp³-hybridized carbons (Fsp3) is 0.417. The molecular weight excluding hydrogens is 456 g/mol. The average molecular weight is 487 g/mol. The van der Waals surface area contributed by atoms with E-state index in [-0.39, 0.29) is 30.3 Å². The van der Waals surface area contributed by atoms with Crippen LogP contribution in [0.1, 0.15) is 12.0 Å². The van der Waals surface area contributed by atoms with E-state index < -0.39 is 22.0 Å². The van der Waals surface area contributed by atoms with Gasteiger partial charge in [0.05, 0.1) is 18.4 Å². The van der Waals surface area contributed by atoms with Crippen LogP contribution in [0.3, 0.4) is 0 Å². The first-order valence-corrected chi connectivity index (χ1v) is 12.8. The minimum Gasteiger partial charge on any atom is -0.497 e. The molecule has 2 aromatic carbocycles. The molecule has 9 nitrogen and oxygen atoms in total. The minimum absolute atomic E-state index is 0.123. The number of aryl methyl sites for hydroxylation is 1. The number of ether oxygens (including phenoxy) is 1. The summed E-state index contributed by atoms with van der Waals surface area (Å²) in [6.45, 7) is 4.54. The van der Waals surface area contributed by atoms with E-state index in [9.17, 15) is 18.0 Å². The summed E-state index contributed by atoms with van der Waals surface area (Å²) in [4.78, 5) is 29.7. The third kappa shape index (κ3) is 5.02. The number of nitrogens with zero attached hydrogens (tertiary/aromatic N) is 3. The summed E-state index contributed by atoms with van der Waals surface area (Å²) >= 11 is 0. The SMILES string of the molecule is COc1ccc(N2CCN(C(=O)CC3C(=O)NCCN3S(=O)(=O)c3ccc(C)cc3)CC2)cc1. The van der Waals surface area contributed by atoms with E-state index in [2.05, 4.69) is 10.2 Å². The Balaban J connectivity index is 1.42. The third-order valence-corrected chi connectivity index (χ3v) is 8.27. The average Bonchev–Trinajstić information content (AvgIpc) is 2.85. The Hall–Kier alpha value is -3.11. The summed E-state index contributed by atoms with van der Waals surface area (Å²) in [7, 11) is -2.28. The van der Waals surface area contributed by atoms with E-state index in [4.69, 9.17) is 4.74 Å². The number of sulfonamides is 1. The maximum Gasteiger partial charge on any atom is 0.243 e. The van der Waals surface area contributed by atoms with Gasteiger partial charge < -0.3 is 19.9 Å². The van der Waals surface area contributed by atoms with E-state index in [0.717, 1.165) is 17.0 Å². The third-order valence-electron chi connectivity index (χ3n) is 6.35. The molecule has 0 aliphatic carbocycles. The molecule has 0 aromatic heterocycles. The number of piperazine rings is 2. The summed E-state index contributed by atoms with van der Waals surface area (Å²) in [5.41, 5.74) is 1.99. The molecule has 34 heavy (non-hydrogen) atoms. The Labute approximate surface area is 200 Å². The topological polar surface area (TPSA) is 99.3 Å². The van der Waals surface area contributed by atoms with E-state index in [1.54, 1.807) is 24.1 Å². The van der Waals surface area contributed by atoms with Gasteiger partial charge in [0.1, 0.15) is 11.8 Å². The smallest absolute Gasteiger partial charge is 0.243 e. The highest BCUT2D eigenvalue weighted by molar-refractivity contribution is 7.89. The predicted molar refractivity (Wildman–Crippen MR) is 128 cm³/mol. The van der Waals surface area contributed by atoms with Crippen molar-refractivity contribution in [3.63, 3.8) is 0 Å². The molecule has 4 rings (SSSR count). The van der Waals surface area contributed by atoms with Crippen LogP contribution in [0.4, 0.5) is 5.69 Å². The monoisotopic (exact) mass is 486 g/mol. The van der Waals surface area contributed by atoms with Crippen LogP contribution in [0.2, 0.25) is 0 Å². The van der Waals surface area contributed by atoms with E-state index in [0.29, 0.717) is 26.2 Å². The fourth-order valence-electron chi connectivity index (χ4n) is 4.32. The normalized spacial score (nSPS) is 19.6.